The predicted molar refractivity (Wildman–Crippen MR) is 126 cm³/mol. The van der Waals surface area contributed by atoms with Gasteiger partial charge in [-0.15, -0.1) is 0 Å². The van der Waals surface area contributed by atoms with Gasteiger partial charge in [0.15, 0.2) is 6.29 Å². The van der Waals surface area contributed by atoms with E-state index in [9.17, 15) is 14.4 Å². The number of para-hydroxylation sites is 1. The minimum atomic E-state index is -0.773. The molecule has 1 amide bonds. The number of hydrogen-bond donors (Lipinski definition) is 1. The van der Waals surface area contributed by atoms with Crippen LogP contribution < -0.4 is 10.2 Å². The first-order valence-electron chi connectivity index (χ1n) is 10.3. The summed E-state index contributed by atoms with van der Waals surface area (Å²) in [7, 11) is 0. The molecule has 1 aliphatic rings. The van der Waals surface area contributed by atoms with Crippen molar-refractivity contribution in [3.63, 3.8) is 0 Å². The number of aldehydes is 1. The first-order valence-corrected chi connectivity index (χ1v) is 11.1. The second-order valence-corrected chi connectivity index (χ2v) is 9.66. The summed E-state index contributed by atoms with van der Waals surface area (Å²) in [5, 5.41) is 3.69. The molecular formula is C24H26Cl2N2O4. The highest BCUT2D eigenvalue weighted by Gasteiger charge is 2.31. The molecule has 0 aliphatic carbocycles. The van der Waals surface area contributed by atoms with E-state index in [1.807, 2.05) is 29.2 Å². The number of carbonyl (C=O) groups excluding carboxylic acids is 3. The molecule has 8 heteroatoms. The molecule has 6 nitrogen and oxygen atoms in total. The van der Waals surface area contributed by atoms with Gasteiger partial charge in [-0.05, 0) is 56.5 Å². The van der Waals surface area contributed by atoms with E-state index in [1.54, 1.807) is 39.0 Å². The Morgan fingerprint density at radius 3 is 2.59 bits per heavy atom. The third-order valence-electron chi connectivity index (χ3n) is 5.16. The summed E-state index contributed by atoms with van der Waals surface area (Å²) in [4.78, 5) is 38.3. The second kappa shape index (κ2) is 9.92. The number of amides is 1. The number of rotatable bonds is 6. The topological polar surface area (TPSA) is 75.7 Å². The Labute approximate surface area is 197 Å². The molecule has 2 atom stereocenters. The predicted octanol–water partition coefficient (Wildman–Crippen LogP) is 4.80. The summed E-state index contributed by atoms with van der Waals surface area (Å²) < 4.78 is 5.40. The summed E-state index contributed by atoms with van der Waals surface area (Å²) in [5.74, 6) is -1.35. The van der Waals surface area contributed by atoms with Gasteiger partial charge < -0.3 is 15.0 Å². The van der Waals surface area contributed by atoms with Crippen molar-refractivity contribution >= 4 is 47.1 Å². The number of nitrogens with zero attached hydrogens (tertiary/aromatic N) is 1. The lowest BCUT2D eigenvalue weighted by Crippen LogP contribution is -2.50. The largest absolute Gasteiger partial charge is 0.444 e. The summed E-state index contributed by atoms with van der Waals surface area (Å²) >= 11 is 12.4. The number of hydrogen-bond acceptors (Lipinski definition) is 5. The highest BCUT2D eigenvalue weighted by molar-refractivity contribution is 6.36. The van der Waals surface area contributed by atoms with Gasteiger partial charge in [0.25, 0.3) is 0 Å². The SMILES string of the molecule is CC(C)(C)OC(=O)NC1Cc2ccccc2N(CC(C(=O)C=O)c2ccc(Cl)cc2Cl)C1. The number of ketones is 1. The molecule has 0 radical (unpaired) electrons. The molecule has 0 aromatic heterocycles. The Morgan fingerprint density at radius 1 is 1.22 bits per heavy atom. The maximum absolute atomic E-state index is 12.6. The van der Waals surface area contributed by atoms with E-state index < -0.39 is 23.4 Å². The number of Topliss-reactive ketones (excluding diaryl/α,β-unsaturated/α-hetero) is 1. The zero-order chi connectivity index (χ0) is 23.5. The monoisotopic (exact) mass is 476 g/mol. The van der Waals surface area contributed by atoms with Crippen molar-refractivity contribution in [2.24, 2.45) is 0 Å². The number of alkyl carbamates (subject to hydrolysis) is 1. The molecular weight excluding hydrogens is 451 g/mol. The fraction of sp³-hybridized carbons (Fsp3) is 0.375. The van der Waals surface area contributed by atoms with Crippen molar-refractivity contribution in [2.45, 2.75) is 44.8 Å². The average Bonchev–Trinajstić information content (AvgIpc) is 2.70. The maximum Gasteiger partial charge on any atom is 0.407 e. The Hall–Kier alpha value is -2.57. The molecule has 1 aliphatic heterocycles. The summed E-state index contributed by atoms with van der Waals surface area (Å²) in [6.45, 7) is 6.09. The third-order valence-corrected chi connectivity index (χ3v) is 5.72. The van der Waals surface area contributed by atoms with Crippen molar-refractivity contribution < 1.29 is 19.1 Å². The van der Waals surface area contributed by atoms with Crippen LogP contribution in [-0.2, 0) is 20.7 Å². The number of nitrogens with one attached hydrogen (secondary N) is 1. The van der Waals surface area contributed by atoms with E-state index in [1.165, 1.54) is 0 Å². The number of carbonyl (C=O) groups is 3. The molecule has 1 N–H and O–H groups in total. The Balaban J connectivity index is 1.88. The molecule has 0 spiro atoms. The summed E-state index contributed by atoms with van der Waals surface area (Å²) in [6.07, 6.45) is 0.449. The molecule has 32 heavy (non-hydrogen) atoms. The summed E-state index contributed by atoms with van der Waals surface area (Å²) in [6, 6.07) is 12.4. The smallest absolute Gasteiger partial charge is 0.407 e. The second-order valence-electron chi connectivity index (χ2n) is 8.82. The van der Waals surface area contributed by atoms with E-state index in [2.05, 4.69) is 5.32 Å². The summed E-state index contributed by atoms with van der Waals surface area (Å²) in [5.41, 5.74) is 1.90. The van der Waals surface area contributed by atoms with Crippen LogP contribution >= 0.6 is 23.2 Å². The van der Waals surface area contributed by atoms with Crippen LogP contribution in [0.4, 0.5) is 10.5 Å². The van der Waals surface area contributed by atoms with E-state index in [4.69, 9.17) is 27.9 Å². The molecule has 0 saturated heterocycles. The molecule has 0 fully saturated rings. The van der Waals surface area contributed by atoms with E-state index in [-0.39, 0.29) is 12.6 Å². The first-order chi connectivity index (χ1) is 15.1. The van der Waals surface area contributed by atoms with E-state index >= 15 is 0 Å². The van der Waals surface area contributed by atoms with Gasteiger partial charge >= 0.3 is 6.09 Å². The van der Waals surface area contributed by atoms with Crippen LogP contribution in [0.3, 0.4) is 0 Å². The fourth-order valence-corrected chi connectivity index (χ4v) is 4.40. The van der Waals surface area contributed by atoms with Crippen LogP contribution in [0.2, 0.25) is 10.0 Å². The normalized spacial score (nSPS) is 16.7. The van der Waals surface area contributed by atoms with Gasteiger partial charge in [-0.25, -0.2) is 4.79 Å². The lowest BCUT2D eigenvalue weighted by atomic mass is 9.91. The van der Waals surface area contributed by atoms with Gasteiger partial charge in [0, 0.05) is 28.8 Å². The van der Waals surface area contributed by atoms with Crippen molar-refractivity contribution in [3.05, 3.63) is 63.6 Å². The molecule has 3 rings (SSSR count). The lowest BCUT2D eigenvalue weighted by molar-refractivity contribution is -0.130. The molecule has 0 bridgehead atoms. The van der Waals surface area contributed by atoms with Crippen LogP contribution in [0.15, 0.2) is 42.5 Å². The Bertz CT molecular complexity index is 1020. The van der Waals surface area contributed by atoms with Gasteiger partial charge in [0.05, 0.1) is 12.0 Å². The van der Waals surface area contributed by atoms with E-state index in [0.717, 1.165) is 11.3 Å². The molecule has 170 valence electrons. The van der Waals surface area contributed by atoms with E-state index in [0.29, 0.717) is 34.9 Å². The lowest BCUT2D eigenvalue weighted by Gasteiger charge is -2.38. The van der Waals surface area contributed by atoms with Crippen molar-refractivity contribution in [2.75, 3.05) is 18.0 Å². The number of ether oxygens (including phenoxy) is 1. The van der Waals surface area contributed by atoms with Crippen LogP contribution in [0, 0.1) is 0 Å². The Morgan fingerprint density at radius 2 is 1.94 bits per heavy atom. The van der Waals surface area contributed by atoms with Gasteiger partial charge in [0.2, 0.25) is 5.78 Å². The van der Waals surface area contributed by atoms with Gasteiger partial charge in [-0.3, -0.25) is 9.59 Å². The minimum Gasteiger partial charge on any atom is -0.444 e. The van der Waals surface area contributed by atoms with Crippen molar-refractivity contribution in [1.82, 2.24) is 5.32 Å². The highest BCUT2D eigenvalue weighted by atomic mass is 35.5. The average molecular weight is 477 g/mol. The number of halogens is 2. The molecule has 2 unspecified atom stereocenters. The van der Waals surface area contributed by atoms with Gasteiger partial charge in [-0.2, -0.15) is 0 Å². The quantitative estimate of drug-likeness (QED) is 0.478. The maximum atomic E-state index is 12.6. The molecule has 2 aromatic rings. The molecule has 2 aromatic carbocycles. The van der Waals surface area contributed by atoms with Crippen molar-refractivity contribution in [3.8, 4) is 0 Å². The highest BCUT2D eigenvalue weighted by Crippen LogP contribution is 2.33. The van der Waals surface area contributed by atoms with Gasteiger partial charge in [0.1, 0.15) is 5.60 Å². The van der Waals surface area contributed by atoms with Gasteiger partial charge in [-0.1, -0.05) is 47.5 Å². The third kappa shape index (κ3) is 6.02. The zero-order valence-electron chi connectivity index (χ0n) is 18.2. The number of anilines is 1. The standard InChI is InChI=1S/C24H26Cl2N2O4/c1-24(2,3)32-23(31)27-17-10-15-6-4-5-7-21(15)28(12-17)13-19(22(30)14-29)18-9-8-16(25)11-20(18)26/h4-9,11,14,17,19H,10,12-13H2,1-3H3,(H,27,31). The van der Waals surface area contributed by atoms with Crippen LogP contribution in [0.1, 0.15) is 37.8 Å². The van der Waals surface area contributed by atoms with Crippen molar-refractivity contribution in [1.29, 1.82) is 0 Å². The van der Waals surface area contributed by atoms with Crippen LogP contribution in [0.25, 0.3) is 0 Å². The van der Waals surface area contributed by atoms with Crippen LogP contribution in [0.5, 0.6) is 0 Å². The minimum absolute atomic E-state index is 0.225. The Kier molecular flexibility index (Phi) is 7.47. The fourth-order valence-electron chi connectivity index (χ4n) is 3.86. The first kappa shape index (κ1) is 24.1. The number of benzene rings is 2. The number of fused-ring (bicyclic) bond motifs is 1. The van der Waals surface area contributed by atoms with Crippen LogP contribution in [-0.4, -0.2) is 42.9 Å². The molecule has 0 saturated carbocycles. The zero-order valence-corrected chi connectivity index (χ0v) is 19.7. The molecule has 1 heterocycles.